The minimum absolute atomic E-state index is 0.132. The molecule has 0 aliphatic heterocycles. The third-order valence-corrected chi connectivity index (χ3v) is 6.31. The number of rotatable bonds is 6. The topological polar surface area (TPSA) is 52.6 Å². The van der Waals surface area contributed by atoms with Gasteiger partial charge in [-0.3, -0.25) is 9.59 Å². The predicted octanol–water partition coefficient (Wildman–Crippen LogP) is 4.92. The smallest absolute Gasteiger partial charge is 0.315 e. The molecule has 3 aliphatic carbocycles. The van der Waals surface area contributed by atoms with Crippen molar-refractivity contribution in [1.82, 2.24) is 0 Å². The Labute approximate surface area is 168 Å². The molecule has 1 saturated carbocycles. The molecule has 3 aliphatic rings. The molecule has 3 rings (SSSR count). The van der Waals surface area contributed by atoms with Crippen LogP contribution in [0.4, 0.5) is 0 Å². The average Bonchev–Trinajstić information content (AvgIpc) is 2.72. The first-order valence-electron chi connectivity index (χ1n) is 10.4. The molecule has 0 amide bonds. The van der Waals surface area contributed by atoms with Crippen molar-refractivity contribution in [3.8, 4) is 0 Å². The van der Waals surface area contributed by atoms with Crippen molar-refractivity contribution in [2.75, 3.05) is 13.2 Å². The number of ether oxygens (including phenoxy) is 2. The van der Waals surface area contributed by atoms with Crippen LogP contribution >= 0.6 is 0 Å². The second-order valence-corrected chi connectivity index (χ2v) is 8.90. The monoisotopic (exact) mass is 384 g/mol. The van der Waals surface area contributed by atoms with E-state index in [1.54, 1.807) is 0 Å². The molecule has 2 unspecified atom stereocenters. The first-order valence-corrected chi connectivity index (χ1v) is 10.4. The third kappa shape index (κ3) is 5.03. The van der Waals surface area contributed by atoms with E-state index in [1.165, 1.54) is 0 Å². The van der Waals surface area contributed by atoms with Gasteiger partial charge in [0, 0.05) is 0 Å². The summed E-state index contributed by atoms with van der Waals surface area (Å²) in [6.07, 6.45) is 21.1. The van der Waals surface area contributed by atoms with E-state index in [1.807, 2.05) is 62.5 Å². The van der Waals surface area contributed by atoms with Gasteiger partial charge in [0.15, 0.2) is 0 Å². The van der Waals surface area contributed by atoms with E-state index in [-0.39, 0.29) is 11.9 Å². The average molecular weight is 385 g/mol. The summed E-state index contributed by atoms with van der Waals surface area (Å²) < 4.78 is 11.3. The Morgan fingerprint density at radius 3 is 1.46 bits per heavy atom. The first kappa shape index (κ1) is 20.6. The Bertz CT molecular complexity index is 633. The van der Waals surface area contributed by atoms with Crippen LogP contribution in [0.2, 0.25) is 0 Å². The Morgan fingerprint density at radius 2 is 1.14 bits per heavy atom. The summed E-state index contributed by atoms with van der Waals surface area (Å²) in [4.78, 5) is 24.8. The summed E-state index contributed by atoms with van der Waals surface area (Å²) in [5.74, 6) is 0.553. The molecule has 0 heterocycles. The van der Waals surface area contributed by atoms with E-state index in [0.29, 0.717) is 37.9 Å². The summed E-state index contributed by atoms with van der Waals surface area (Å²) >= 11 is 0. The highest BCUT2D eigenvalue weighted by Crippen LogP contribution is 2.33. The maximum absolute atomic E-state index is 12.4. The number of carbonyl (C=O) groups excluding carboxylic acids is 2. The number of carbonyl (C=O) groups is 2. The second kappa shape index (κ2) is 8.93. The van der Waals surface area contributed by atoms with Crippen molar-refractivity contribution in [1.29, 1.82) is 0 Å². The van der Waals surface area contributed by atoms with Gasteiger partial charge in [-0.1, -0.05) is 48.6 Å². The van der Waals surface area contributed by atoms with E-state index >= 15 is 0 Å². The molecular formula is C24H32O4. The Balaban J connectivity index is 1.35. The summed E-state index contributed by atoms with van der Waals surface area (Å²) in [5.41, 5.74) is -1.06. The SMILES string of the molecule is CC1(C(=O)OCC2CCC(COC(=O)C3(C)C=CC=CC3)CC2)C=CC=CC1. The lowest BCUT2D eigenvalue weighted by Crippen LogP contribution is -2.32. The van der Waals surface area contributed by atoms with E-state index in [2.05, 4.69) is 0 Å². The van der Waals surface area contributed by atoms with Crippen LogP contribution in [0.15, 0.2) is 48.6 Å². The fourth-order valence-corrected chi connectivity index (χ4v) is 4.04. The number of hydrogen-bond donors (Lipinski definition) is 0. The Hall–Kier alpha value is -2.10. The van der Waals surface area contributed by atoms with E-state index in [0.717, 1.165) is 25.7 Å². The van der Waals surface area contributed by atoms with Gasteiger partial charge in [0.1, 0.15) is 0 Å². The first-order chi connectivity index (χ1) is 13.4. The zero-order valence-electron chi connectivity index (χ0n) is 17.1. The standard InChI is InChI=1S/C24H32O4/c1-23(13-5-3-6-14-23)21(25)27-17-19-9-11-20(12-10-19)18-28-22(26)24(2)15-7-4-8-16-24/h3-8,13,15,19-20H,9-12,14,16-18H2,1-2H3. The predicted molar refractivity (Wildman–Crippen MR) is 109 cm³/mol. The largest absolute Gasteiger partial charge is 0.465 e. The molecule has 0 aromatic rings. The van der Waals surface area contributed by atoms with Crippen LogP contribution in [0.5, 0.6) is 0 Å². The molecule has 1 fully saturated rings. The molecule has 0 aromatic carbocycles. The minimum atomic E-state index is -0.529. The maximum atomic E-state index is 12.4. The fraction of sp³-hybridized carbons (Fsp3) is 0.583. The molecule has 0 aromatic heterocycles. The van der Waals surface area contributed by atoms with Gasteiger partial charge in [-0.15, -0.1) is 0 Å². The van der Waals surface area contributed by atoms with Gasteiger partial charge in [-0.2, -0.15) is 0 Å². The highest BCUT2D eigenvalue weighted by Gasteiger charge is 2.34. The number of hydrogen-bond acceptors (Lipinski definition) is 4. The lowest BCUT2D eigenvalue weighted by Gasteiger charge is -2.31. The van der Waals surface area contributed by atoms with Crippen molar-refractivity contribution in [3.05, 3.63) is 48.6 Å². The molecule has 0 radical (unpaired) electrons. The molecule has 4 nitrogen and oxygen atoms in total. The van der Waals surface area contributed by atoms with Gasteiger partial charge in [-0.25, -0.2) is 0 Å². The molecule has 0 bridgehead atoms. The van der Waals surface area contributed by atoms with Crippen LogP contribution in [-0.2, 0) is 19.1 Å². The van der Waals surface area contributed by atoms with E-state index in [4.69, 9.17) is 9.47 Å². The van der Waals surface area contributed by atoms with E-state index in [9.17, 15) is 9.59 Å². The zero-order chi connectivity index (χ0) is 20.0. The van der Waals surface area contributed by atoms with Crippen LogP contribution in [0.3, 0.4) is 0 Å². The Kier molecular flexibility index (Phi) is 6.58. The van der Waals surface area contributed by atoms with Gasteiger partial charge in [0.25, 0.3) is 0 Å². The van der Waals surface area contributed by atoms with Crippen molar-refractivity contribution < 1.29 is 19.1 Å². The quantitative estimate of drug-likeness (QED) is 0.610. The molecule has 152 valence electrons. The fourth-order valence-electron chi connectivity index (χ4n) is 4.04. The van der Waals surface area contributed by atoms with Crippen molar-refractivity contribution in [2.24, 2.45) is 22.7 Å². The lowest BCUT2D eigenvalue weighted by atomic mass is 9.82. The van der Waals surface area contributed by atoms with Crippen LogP contribution in [0.1, 0.15) is 52.4 Å². The van der Waals surface area contributed by atoms with Crippen molar-refractivity contribution >= 4 is 11.9 Å². The molecule has 4 heteroatoms. The number of esters is 2. The van der Waals surface area contributed by atoms with Crippen molar-refractivity contribution in [2.45, 2.75) is 52.4 Å². The highest BCUT2D eigenvalue weighted by molar-refractivity contribution is 5.80. The number of allylic oxidation sites excluding steroid dienone is 6. The van der Waals surface area contributed by atoms with Crippen LogP contribution < -0.4 is 0 Å². The summed E-state index contributed by atoms with van der Waals surface area (Å²) in [6, 6.07) is 0. The summed E-state index contributed by atoms with van der Waals surface area (Å²) in [6.45, 7) is 4.85. The third-order valence-electron chi connectivity index (χ3n) is 6.31. The van der Waals surface area contributed by atoms with Crippen LogP contribution in [0.25, 0.3) is 0 Å². The second-order valence-electron chi connectivity index (χ2n) is 8.90. The molecule has 28 heavy (non-hydrogen) atoms. The highest BCUT2D eigenvalue weighted by atomic mass is 16.5. The summed E-state index contributed by atoms with van der Waals surface area (Å²) in [5, 5.41) is 0. The molecule has 0 N–H and O–H groups in total. The van der Waals surface area contributed by atoms with Gasteiger partial charge in [0.2, 0.25) is 0 Å². The van der Waals surface area contributed by atoms with E-state index < -0.39 is 10.8 Å². The van der Waals surface area contributed by atoms with Crippen LogP contribution in [-0.4, -0.2) is 25.2 Å². The molecular weight excluding hydrogens is 352 g/mol. The lowest BCUT2D eigenvalue weighted by molar-refractivity contribution is -0.156. The van der Waals surface area contributed by atoms with Gasteiger partial charge in [0.05, 0.1) is 24.0 Å². The van der Waals surface area contributed by atoms with Gasteiger partial charge in [-0.05, 0) is 64.2 Å². The zero-order valence-corrected chi connectivity index (χ0v) is 17.1. The Morgan fingerprint density at radius 1 is 0.750 bits per heavy atom. The van der Waals surface area contributed by atoms with Crippen molar-refractivity contribution in [3.63, 3.8) is 0 Å². The minimum Gasteiger partial charge on any atom is -0.465 e. The van der Waals surface area contributed by atoms with Gasteiger partial charge < -0.3 is 9.47 Å². The molecule has 0 spiro atoms. The summed E-state index contributed by atoms with van der Waals surface area (Å²) in [7, 11) is 0. The maximum Gasteiger partial charge on any atom is 0.315 e. The molecule has 2 atom stereocenters. The molecule has 0 saturated heterocycles. The van der Waals surface area contributed by atoms with Gasteiger partial charge >= 0.3 is 11.9 Å². The normalized spacial score (nSPS) is 34.2. The van der Waals surface area contributed by atoms with Crippen LogP contribution in [0, 0.1) is 22.7 Å².